The second-order valence-corrected chi connectivity index (χ2v) is 0.525. The summed E-state index contributed by atoms with van der Waals surface area (Å²) in [4.78, 5) is 0. The van der Waals surface area contributed by atoms with E-state index in [0.717, 1.165) is 0 Å². The summed E-state index contributed by atoms with van der Waals surface area (Å²) >= 11 is -2.88. The summed E-state index contributed by atoms with van der Waals surface area (Å²) in [6.45, 7) is 0. The van der Waals surface area contributed by atoms with Crippen molar-refractivity contribution in [2.75, 3.05) is 0 Å². The van der Waals surface area contributed by atoms with Gasteiger partial charge in [-0.1, -0.05) is 0 Å². The molecule has 0 saturated carbocycles. The first-order valence-corrected chi connectivity index (χ1v) is 2.78. The maximum absolute atomic E-state index is 9.81. The van der Waals surface area contributed by atoms with Crippen molar-refractivity contribution in [2.24, 2.45) is 0 Å². The van der Waals surface area contributed by atoms with Crippen LogP contribution in [0.25, 0.3) is 0 Å². The Morgan fingerprint density at radius 2 is 0.857 bits per heavy atom. The number of halogens is 4. The predicted octanol–water partition coefficient (Wildman–Crippen LogP) is -11.1. The van der Waals surface area contributed by atoms with E-state index in [0.29, 0.717) is 0 Å². The molecule has 7 heteroatoms. The summed E-state index contributed by atoms with van der Waals surface area (Å²) in [6, 6.07) is 0. The van der Waals surface area contributed by atoms with E-state index >= 15 is 0 Å². The molecule has 7 heavy (non-hydrogen) atoms. The van der Waals surface area contributed by atoms with Crippen LogP contribution in [0.5, 0.6) is 0 Å². The van der Waals surface area contributed by atoms with Crippen molar-refractivity contribution in [3.8, 4) is 0 Å². The molecule has 0 aromatic carbocycles. The van der Waals surface area contributed by atoms with Gasteiger partial charge in [-0.2, -0.15) is 0 Å². The van der Waals surface area contributed by atoms with Gasteiger partial charge in [-0.25, -0.2) is 0 Å². The molecule has 0 rings (SSSR count). The van der Waals surface area contributed by atoms with Crippen LogP contribution in [-0.4, -0.2) is 0 Å². The molecule has 0 nitrogen and oxygen atoms in total. The zero-order valence-electron chi connectivity index (χ0n) is 4.22. The van der Waals surface area contributed by atoms with Gasteiger partial charge in [-0.15, -0.1) is 0 Å². The molecule has 0 aromatic rings. The molecule has 0 N–H and O–H groups in total. The molecule has 0 fully saturated rings. The molecule has 0 aromatic heterocycles. The summed E-state index contributed by atoms with van der Waals surface area (Å²) in [5.74, 6) is 0. The van der Waals surface area contributed by atoms with E-state index < -0.39 is 18.1 Å². The second-order valence-electron chi connectivity index (χ2n) is 0.101. The van der Waals surface area contributed by atoms with E-state index in [2.05, 4.69) is 0 Å². The Bertz CT molecular complexity index is 9.65. The first-order valence-electron chi connectivity index (χ1n) is 0.535. The van der Waals surface area contributed by atoms with Crippen molar-refractivity contribution in [3.63, 3.8) is 0 Å². The fourth-order valence-corrected chi connectivity index (χ4v) is 0. The zero-order valence-corrected chi connectivity index (χ0v) is 19.7. The first kappa shape index (κ1) is 30.1. The molecule has 0 unspecified atom stereocenters. The molecule has 0 heterocycles. The van der Waals surface area contributed by atoms with Crippen molar-refractivity contribution < 1.29 is 172 Å². The monoisotopic (exact) mass is 406 g/mol. The van der Waals surface area contributed by atoms with Crippen molar-refractivity contribution in [2.45, 2.75) is 0 Å². The summed E-state index contributed by atoms with van der Waals surface area (Å²) in [7, 11) is 0. The SMILES string of the molecule is [Cs+].[Cs+].[F-].[F-].[F][Zn][F]. The standard InChI is InChI=1S/2Cs.4FH.Zn/h;;4*1H;/q2*+1;;;;;+2/p-4. The molecule has 0 aliphatic carbocycles. The van der Waals surface area contributed by atoms with Gasteiger partial charge in [0.15, 0.2) is 0 Å². The van der Waals surface area contributed by atoms with Gasteiger partial charge < -0.3 is 9.41 Å². The third-order valence-corrected chi connectivity index (χ3v) is 0. The van der Waals surface area contributed by atoms with Crippen LogP contribution < -0.4 is 147 Å². The van der Waals surface area contributed by atoms with Gasteiger partial charge >= 0.3 is 163 Å². The van der Waals surface area contributed by atoms with E-state index in [1.165, 1.54) is 0 Å². The molecule has 0 amide bonds. The van der Waals surface area contributed by atoms with Gasteiger partial charge in [0.2, 0.25) is 0 Å². The first-order chi connectivity index (χ1) is 1.41. The summed E-state index contributed by atoms with van der Waals surface area (Å²) in [5, 5.41) is 0. The van der Waals surface area contributed by atoms with Gasteiger partial charge in [-0.05, 0) is 0 Å². The molecule has 0 radical (unpaired) electrons. The maximum atomic E-state index is 9.81. The topological polar surface area (TPSA) is 0 Å². The molecule has 32 valence electrons. The second kappa shape index (κ2) is 31.4. The zero-order chi connectivity index (χ0) is 2.71. The fraction of sp³-hybridized carbons (Fsp3) is 0. The van der Waals surface area contributed by atoms with Crippen molar-refractivity contribution >= 4 is 0 Å². The molecule has 0 spiro atoms. The van der Waals surface area contributed by atoms with Crippen LogP contribution in [0.4, 0.5) is 6.63 Å². The minimum absolute atomic E-state index is 0. The Kier molecular flexibility index (Phi) is 135. The van der Waals surface area contributed by atoms with Crippen LogP contribution in [0.2, 0.25) is 0 Å². The van der Waals surface area contributed by atoms with Crippen molar-refractivity contribution in [1.82, 2.24) is 0 Å². The van der Waals surface area contributed by atoms with E-state index in [1.54, 1.807) is 0 Å². The van der Waals surface area contributed by atoms with Gasteiger partial charge in [0.05, 0.1) is 0 Å². The molecule has 0 saturated heterocycles. The predicted molar refractivity (Wildman–Crippen MR) is 2.22 cm³/mol. The molecule has 0 aliphatic heterocycles. The molecule has 0 aliphatic rings. The summed E-state index contributed by atoms with van der Waals surface area (Å²) < 4.78 is 19.6. The normalized spacial score (nSPS) is 1.43. The van der Waals surface area contributed by atoms with Crippen LogP contribution >= 0.6 is 0 Å². The third kappa shape index (κ3) is 37.7. The molecular formula is Cs2F4Zn. The number of hydrogen-bond donors (Lipinski definition) is 0. The van der Waals surface area contributed by atoms with Gasteiger partial charge in [-0.3, -0.25) is 0 Å². The summed E-state index contributed by atoms with van der Waals surface area (Å²) in [6.07, 6.45) is 0. The van der Waals surface area contributed by atoms with Crippen LogP contribution in [0.1, 0.15) is 0 Å². The Balaban J connectivity index is -0.00000000333. The molecule has 0 bridgehead atoms. The van der Waals surface area contributed by atoms with Crippen LogP contribution in [-0.2, 0) is 18.1 Å². The quantitative estimate of drug-likeness (QED) is 0.277. The van der Waals surface area contributed by atoms with Crippen LogP contribution in [0, 0.1) is 0 Å². The number of hydrogen-bond acceptors (Lipinski definition) is 0. The van der Waals surface area contributed by atoms with Gasteiger partial charge in [0.25, 0.3) is 0 Å². The van der Waals surface area contributed by atoms with Crippen molar-refractivity contribution in [3.05, 3.63) is 0 Å². The van der Waals surface area contributed by atoms with Gasteiger partial charge in [0.1, 0.15) is 0 Å². The minimum atomic E-state index is -2.88. The molecule has 0 atom stereocenters. The molecular weight excluding hydrogens is 407 g/mol. The van der Waals surface area contributed by atoms with E-state index in [1.807, 2.05) is 0 Å². The Morgan fingerprint density at radius 3 is 0.857 bits per heavy atom. The Labute approximate surface area is 166 Å². The van der Waals surface area contributed by atoms with Crippen LogP contribution in [0.15, 0.2) is 0 Å². The summed E-state index contributed by atoms with van der Waals surface area (Å²) in [5.41, 5.74) is 0. The Morgan fingerprint density at radius 1 is 0.857 bits per heavy atom. The average molecular weight is 407 g/mol. The van der Waals surface area contributed by atoms with E-state index in [4.69, 9.17) is 0 Å². The van der Waals surface area contributed by atoms with E-state index in [9.17, 15) is 6.63 Å². The number of rotatable bonds is 0. The third-order valence-electron chi connectivity index (χ3n) is 0. The van der Waals surface area contributed by atoms with Crippen molar-refractivity contribution in [1.29, 1.82) is 0 Å². The average Bonchev–Trinajstić information content (AvgIpc) is 0.918. The van der Waals surface area contributed by atoms with E-state index in [-0.39, 0.29) is 147 Å². The Hall–Kier alpha value is 4.45. The van der Waals surface area contributed by atoms with Crippen LogP contribution in [0.3, 0.4) is 0 Å². The fourth-order valence-electron chi connectivity index (χ4n) is 0. The van der Waals surface area contributed by atoms with Gasteiger partial charge in [0, 0.05) is 0 Å².